The highest BCUT2D eigenvalue weighted by Gasteiger charge is 2.16. The summed E-state index contributed by atoms with van der Waals surface area (Å²) >= 11 is 0. The third-order valence-corrected chi connectivity index (χ3v) is 3.32. The van der Waals surface area contributed by atoms with Crippen LogP contribution in [-0.4, -0.2) is 15.0 Å². The highest BCUT2D eigenvalue weighted by Crippen LogP contribution is 2.16. The summed E-state index contributed by atoms with van der Waals surface area (Å²) in [6.45, 7) is 1.74. The van der Waals surface area contributed by atoms with Gasteiger partial charge in [0.25, 0.3) is 10.1 Å². The van der Waals surface area contributed by atoms with Gasteiger partial charge in [-0.15, -0.1) is 12.3 Å². The Balaban J connectivity index is 2.88. The number of hydrogen-bond acceptors (Lipinski definition) is 3. The molecule has 0 N–H and O–H groups in total. The van der Waals surface area contributed by atoms with Crippen LogP contribution in [0.1, 0.15) is 12.0 Å². The second kappa shape index (κ2) is 4.96. The molecule has 4 heteroatoms. The minimum atomic E-state index is -3.66. The van der Waals surface area contributed by atoms with E-state index < -0.39 is 10.1 Å². The summed E-state index contributed by atoms with van der Waals surface area (Å²) in [5.41, 5.74) is 0.665. The van der Waals surface area contributed by atoms with Gasteiger partial charge in [-0.25, -0.2) is 0 Å². The Kier molecular flexibility index (Phi) is 3.89. The first-order valence-electron chi connectivity index (χ1n) is 4.46. The van der Waals surface area contributed by atoms with E-state index in [1.54, 1.807) is 25.1 Å². The third kappa shape index (κ3) is 3.08. The molecule has 80 valence electrons. The Morgan fingerprint density at radius 2 is 2.07 bits per heavy atom. The van der Waals surface area contributed by atoms with E-state index in [0.717, 1.165) is 0 Å². The molecule has 0 amide bonds. The van der Waals surface area contributed by atoms with E-state index in [-0.39, 0.29) is 17.9 Å². The second-order valence-electron chi connectivity index (χ2n) is 3.00. The van der Waals surface area contributed by atoms with Gasteiger partial charge < -0.3 is 0 Å². The fourth-order valence-electron chi connectivity index (χ4n) is 1.11. The molecule has 0 aromatic heterocycles. The molecule has 0 radical (unpaired) electrons. The van der Waals surface area contributed by atoms with Crippen LogP contribution in [0.2, 0.25) is 0 Å². The first-order chi connectivity index (χ1) is 7.08. The summed E-state index contributed by atoms with van der Waals surface area (Å²) in [5, 5.41) is 0. The van der Waals surface area contributed by atoms with E-state index in [4.69, 9.17) is 10.6 Å². The maximum atomic E-state index is 11.6. The number of hydrogen-bond donors (Lipinski definition) is 0. The van der Waals surface area contributed by atoms with Crippen molar-refractivity contribution in [1.82, 2.24) is 0 Å². The molecule has 1 aromatic rings. The minimum Gasteiger partial charge on any atom is -0.265 e. The summed E-state index contributed by atoms with van der Waals surface area (Å²) in [5.74, 6) is 2.32. The normalized spacial score (nSPS) is 10.9. The minimum absolute atomic E-state index is 0.0210. The van der Waals surface area contributed by atoms with E-state index in [1.165, 1.54) is 6.07 Å². The molecule has 1 aromatic carbocycles. The van der Waals surface area contributed by atoms with Crippen molar-refractivity contribution in [3.63, 3.8) is 0 Å². The molecule has 0 aliphatic heterocycles. The lowest BCUT2D eigenvalue weighted by atomic mass is 10.2. The number of rotatable bonds is 4. The number of aryl methyl sites for hydroxylation is 1. The van der Waals surface area contributed by atoms with Gasteiger partial charge in [0.2, 0.25) is 0 Å². The molecule has 0 spiro atoms. The van der Waals surface area contributed by atoms with Crippen molar-refractivity contribution in [2.75, 3.05) is 6.61 Å². The molecule has 0 atom stereocenters. The van der Waals surface area contributed by atoms with Gasteiger partial charge in [0.1, 0.15) is 0 Å². The predicted molar refractivity (Wildman–Crippen MR) is 57.8 cm³/mol. The highest BCUT2D eigenvalue weighted by molar-refractivity contribution is 7.86. The average Bonchev–Trinajstić information content (AvgIpc) is 2.18. The second-order valence-corrected chi connectivity index (χ2v) is 4.58. The summed E-state index contributed by atoms with van der Waals surface area (Å²) < 4.78 is 28.0. The summed E-state index contributed by atoms with van der Waals surface area (Å²) in [6.07, 6.45) is 5.28. The van der Waals surface area contributed by atoms with Crippen molar-refractivity contribution in [3.8, 4) is 12.3 Å². The SMILES string of the molecule is C#CCCOS(=O)(=O)c1ccccc1C. The largest absolute Gasteiger partial charge is 0.297 e. The van der Waals surface area contributed by atoms with Crippen LogP contribution in [0.3, 0.4) is 0 Å². The summed E-state index contributed by atoms with van der Waals surface area (Å²) in [4.78, 5) is 0.196. The van der Waals surface area contributed by atoms with Crippen LogP contribution in [0.15, 0.2) is 29.2 Å². The van der Waals surface area contributed by atoms with Crippen LogP contribution in [0, 0.1) is 19.3 Å². The molecule has 0 unspecified atom stereocenters. The van der Waals surface area contributed by atoms with E-state index in [0.29, 0.717) is 5.56 Å². The van der Waals surface area contributed by atoms with Gasteiger partial charge in [-0.2, -0.15) is 8.42 Å². The van der Waals surface area contributed by atoms with Crippen molar-refractivity contribution in [3.05, 3.63) is 29.8 Å². The molecule has 1 rings (SSSR count). The van der Waals surface area contributed by atoms with Crippen molar-refractivity contribution in [2.45, 2.75) is 18.2 Å². The van der Waals surface area contributed by atoms with Crippen molar-refractivity contribution in [2.24, 2.45) is 0 Å². The van der Waals surface area contributed by atoms with Gasteiger partial charge in [-0.3, -0.25) is 4.18 Å². The molecule has 0 saturated heterocycles. The molecule has 15 heavy (non-hydrogen) atoms. The van der Waals surface area contributed by atoms with E-state index >= 15 is 0 Å². The zero-order valence-corrected chi connectivity index (χ0v) is 9.25. The third-order valence-electron chi connectivity index (χ3n) is 1.85. The van der Waals surface area contributed by atoms with Gasteiger partial charge >= 0.3 is 0 Å². The lowest BCUT2D eigenvalue weighted by Crippen LogP contribution is -2.08. The Morgan fingerprint density at radius 1 is 1.40 bits per heavy atom. The quantitative estimate of drug-likeness (QED) is 0.444. The molecule has 0 fully saturated rings. The van der Waals surface area contributed by atoms with Crippen LogP contribution in [0.25, 0.3) is 0 Å². The van der Waals surface area contributed by atoms with Crippen LogP contribution in [0.5, 0.6) is 0 Å². The number of terminal acetylenes is 1. The topological polar surface area (TPSA) is 43.4 Å². The maximum absolute atomic E-state index is 11.6. The molecule has 0 aliphatic rings. The average molecular weight is 224 g/mol. The van der Waals surface area contributed by atoms with E-state index in [1.807, 2.05) is 0 Å². The molecular formula is C11H12O3S. The molecule has 0 aliphatic carbocycles. The number of benzene rings is 1. The Hall–Kier alpha value is -1.31. The van der Waals surface area contributed by atoms with Crippen LogP contribution in [0.4, 0.5) is 0 Å². The van der Waals surface area contributed by atoms with Crippen LogP contribution >= 0.6 is 0 Å². The lowest BCUT2D eigenvalue weighted by Gasteiger charge is -2.06. The fourth-order valence-corrected chi connectivity index (χ4v) is 2.25. The zero-order valence-electron chi connectivity index (χ0n) is 8.43. The standard InChI is InChI=1S/C11H12O3S/c1-3-4-9-14-15(12,13)11-8-6-5-7-10(11)2/h1,5-8H,4,9H2,2H3. The fraction of sp³-hybridized carbons (Fsp3) is 0.273. The highest BCUT2D eigenvalue weighted by atomic mass is 32.2. The van der Waals surface area contributed by atoms with Crippen molar-refractivity contribution >= 4 is 10.1 Å². The molecule has 3 nitrogen and oxygen atoms in total. The Bertz CT molecular complexity index is 469. The first-order valence-corrected chi connectivity index (χ1v) is 5.87. The predicted octanol–water partition coefficient (Wildman–Crippen LogP) is 1.72. The van der Waals surface area contributed by atoms with Gasteiger partial charge in [-0.05, 0) is 18.6 Å². The van der Waals surface area contributed by atoms with E-state index in [2.05, 4.69) is 5.92 Å². The smallest absolute Gasteiger partial charge is 0.265 e. The lowest BCUT2D eigenvalue weighted by molar-refractivity contribution is 0.326. The molecule has 0 heterocycles. The summed E-state index contributed by atoms with van der Waals surface area (Å²) in [7, 11) is -3.66. The monoisotopic (exact) mass is 224 g/mol. The molecule has 0 saturated carbocycles. The van der Waals surface area contributed by atoms with Crippen molar-refractivity contribution in [1.29, 1.82) is 0 Å². The summed E-state index contributed by atoms with van der Waals surface area (Å²) in [6, 6.07) is 6.66. The van der Waals surface area contributed by atoms with E-state index in [9.17, 15) is 8.42 Å². The van der Waals surface area contributed by atoms with Gasteiger partial charge in [0, 0.05) is 6.42 Å². The van der Waals surface area contributed by atoms with Gasteiger partial charge in [0.05, 0.1) is 11.5 Å². The zero-order chi connectivity index (χ0) is 11.3. The van der Waals surface area contributed by atoms with Gasteiger partial charge in [0.15, 0.2) is 0 Å². The first kappa shape index (κ1) is 11.8. The Morgan fingerprint density at radius 3 is 2.67 bits per heavy atom. The van der Waals surface area contributed by atoms with Crippen molar-refractivity contribution < 1.29 is 12.6 Å². The molecule has 0 bridgehead atoms. The maximum Gasteiger partial charge on any atom is 0.297 e. The Labute approximate surface area is 90.2 Å². The van der Waals surface area contributed by atoms with Gasteiger partial charge in [-0.1, -0.05) is 18.2 Å². The molecular weight excluding hydrogens is 212 g/mol. The van der Waals surface area contributed by atoms with Crippen LogP contribution in [-0.2, 0) is 14.3 Å². The van der Waals surface area contributed by atoms with Crippen LogP contribution < -0.4 is 0 Å².